The largest absolute Gasteiger partial charge is 0.331 e. The fourth-order valence-corrected chi connectivity index (χ4v) is 3.91. The van der Waals surface area contributed by atoms with Crippen molar-refractivity contribution in [2.45, 2.75) is 25.9 Å². The molecule has 0 aromatic heterocycles. The summed E-state index contributed by atoms with van der Waals surface area (Å²) in [4.78, 5) is 25.5. The Labute approximate surface area is 199 Å². The van der Waals surface area contributed by atoms with E-state index >= 15 is 0 Å². The first kappa shape index (κ1) is 22.9. The third-order valence-electron chi connectivity index (χ3n) is 5.70. The number of benzene rings is 4. The average Bonchev–Trinajstić information content (AvgIpc) is 2.85. The van der Waals surface area contributed by atoms with Crippen molar-refractivity contribution >= 4 is 34.2 Å². The monoisotopic (exact) mass is 452 g/mol. The van der Waals surface area contributed by atoms with Gasteiger partial charge in [0.1, 0.15) is 0 Å². The summed E-state index contributed by atoms with van der Waals surface area (Å²) in [6.45, 7) is 3.87. The highest BCUT2D eigenvalue weighted by atomic mass is 16.2. The number of amides is 4. The van der Waals surface area contributed by atoms with E-state index in [2.05, 4.69) is 21.3 Å². The highest BCUT2D eigenvalue weighted by Gasteiger charge is 2.15. The number of hydrogen-bond donors (Lipinski definition) is 4. The zero-order valence-electron chi connectivity index (χ0n) is 19.2. The van der Waals surface area contributed by atoms with Gasteiger partial charge >= 0.3 is 12.1 Å². The molecule has 0 saturated heterocycles. The normalized spacial score (nSPS) is 12.4. The zero-order chi connectivity index (χ0) is 23.9. The van der Waals surface area contributed by atoms with Gasteiger partial charge < -0.3 is 21.3 Å². The lowest BCUT2D eigenvalue weighted by atomic mass is 10.1. The van der Waals surface area contributed by atoms with Crippen molar-refractivity contribution in [2.75, 3.05) is 10.6 Å². The van der Waals surface area contributed by atoms with Crippen molar-refractivity contribution in [1.82, 2.24) is 10.6 Å². The third kappa shape index (κ3) is 5.53. The fourth-order valence-electron chi connectivity index (χ4n) is 3.91. The molecule has 4 aromatic carbocycles. The molecule has 0 aliphatic rings. The number of hydrogen-bond acceptors (Lipinski definition) is 2. The molecule has 0 aliphatic carbocycles. The number of fused-ring (bicyclic) bond motifs is 1. The Morgan fingerprint density at radius 2 is 0.971 bits per heavy atom. The summed E-state index contributed by atoms with van der Waals surface area (Å²) < 4.78 is 0. The molecule has 0 spiro atoms. The number of nitrogens with one attached hydrogen (secondary N) is 4. The van der Waals surface area contributed by atoms with Gasteiger partial charge in [0.15, 0.2) is 0 Å². The molecule has 0 heterocycles. The predicted molar refractivity (Wildman–Crippen MR) is 138 cm³/mol. The molecule has 0 aliphatic heterocycles. The van der Waals surface area contributed by atoms with E-state index in [0.717, 1.165) is 21.9 Å². The van der Waals surface area contributed by atoms with Crippen molar-refractivity contribution in [3.05, 3.63) is 108 Å². The Kier molecular flexibility index (Phi) is 7.08. The molecule has 2 atom stereocenters. The van der Waals surface area contributed by atoms with Gasteiger partial charge in [-0.1, -0.05) is 84.9 Å². The predicted octanol–water partition coefficient (Wildman–Crippen LogP) is 6.61. The molecule has 4 aromatic rings. The second-order valence-corrected chi connectivity index (χ2v) is 8.17. The second kappa shape index (κ2) is 10.5. The molecule has 4 amide bonds. The van der Waals surface area contributed by atoms with Gasteiger partial charge in [-0.3, -0.25) is 0 Å². The summed E-state index contributed by atoms with van der Waals surface area (Å²) in [5.74, 6) is 0. The van der Waals surface area contributed by atoms with Crippen LogP contribution in [0.25, 0.3) is 10.8 Å². The first-order valence-corrected chi connectivity index (χ1v) is 11.3. The minimum atomic E-state index is -0.319. The highest BCUT2D eigenvalue weighted by Crippen LogP contribution is 2.31. The van der Waals surface area contributed by atoms with Gasteiger partial charge in [-0.2, -0.15) is 0 Å². The summed E-state index contributed by atoms with van der Waals surface area (Å²) in [7, 11) is 0. The van der Waals surface area contributed by atoms with E-state index in [1.165, 1.54) is 0 Å². The number of carbonyl (C=O) groups excluding carboxylic acids is 2. The first-order valence-electron chi connectivity index (χ1n) is 11.3. The molecular weight excluding hydrogens is 424 g/mol. The van der Waals surface area contributed by atoms with Gasteiger partial charge in [-0.15, -0.1) is 0 Å². The molecule has 34 heavy (non-hydrogen) atoms. The van der Waals surface area contributed by atoms with E-state index in [4.69, 9.17) is 0 Å². The third-order valence-corrected chi connectivity index (χ3v) is 5.70. The lowest BCUT2D eigenvalue weighted by Gasteiger charge is -2.18. The van der Waals surface area contributed by atoms with Crippen LogP contribution in [-0.4, -0.2) is 12.1 Å². The van der Waals surface area contributed by atoms with Crippen LogP contribution in [0.5, 0.6) is 0 Å². The first-order chi connectivity index (χ1) is 16.5. The summed E-state index contributed by atoms with van der Waals surface area (Å²) in [6.07, 6.45) is 0. The van der Waals surface area contributed by atoms with E-state index in [1.807, 2.05) is 111 Å². The summed E-state index contributed by atoms with van der Waals surface area (Å²) in [6, 6.07) is 29.9. The van der Waals surface area contributed by atoms with Crippen molar-refractivity contribution in [1.29, 1.82) is 0 Å². The Bertz CT molecular complexity index is 1180. The molecule has 4 N–H and O–H groups in total. The SMILES string of the molecule is C[C@H](NC(=O)Nc1cccc2cccc(NC(=O)N[C@@H](C)c3ccccc3)c12)c1ccccc1. The van der Waals surface area contributed by atoms with Crippen LogP contribution in [0.3, 0.4) is 0 Å². The lowest BCUT2D eigenvalue weighted by Crippen LogP contribution is -2.32. The van der Waals surface area contributed by atoms with Crippen molar-refractivity contribution in [3.63, 3.8) is 0 Å². The van der Waals surface area contributed by atoms with Crippen LogP contribution in [0.15, 0.2) is 97.1 Å². The van der Waals surface area contributed by atoms with E-state index in [9.17, 15) is 9.59 Å². The molecule has 172 valence electrons. The molecule has 0 bridgehead atoms. The minimum absolute atomic E-state index is 0.154. The Balaban J connectivity index is 1.50. The van der Waals surface area contributed by atoms with Gasteiger partial charge in [0.05, 0.1) is 23.5 Å². The quantitative estimate of drug-likeness (QED) is 0.266. The zero-order valence-corrected chi connectivity index (χ0v) is 19.2. The van der Waals surface area contributed by atoms with Gasteiger partial charge in [0.2, 0.25) is 0 Å². The number of carbonyl (C=O) groups is 2. The van der Waals surface area contributed by atoms with Crippen LogP contribution >= 0.6 is 0 Å². The second-order valence-electron chi connectivity index (χ2n) is 8.17. The van der Waals surface area contributed by atoms with Gasteiger partial charge in [0, 0.05) is 5.39 Å². The van der Waals surface area contributed by atoms with E-state index < -0.39 is 0 Å². The fraction of sp³-hybridized carbons (Fsp3) is 0.143. The van der Waals surface area contributed by atoms with Gasteiger partial charge in [-0.05, 0) is 42.5 Å². The molecular formula is C28H28N4O2. The van der Waals surface area contributed by atoms with E-state index in [1.54, 1.807) is 0 Å². The van der Waals surface area contributed by atoms with Crippen molar-refractivity contribution < 1.29 is 9.59 Å². The molecule has 0 radical (unpaired) electrons. The van der Waals surface area contributed by atoms with Crippen LogP contribution in [-0.2, 0) is 0 Å². The van der Waals surface area contributed by atoms with Crippen LogP contribution in [0.2, 0.25) is 0 Å². The molecule has 0 fully saturated rings. The Morgan fingerprint density at radius 3 is 1.38 bits per heavy atom. The molecule has 0 unspecified atom stereocenters. The smallest absolute Gasteiger partial charge is 0.319 e. The maximum atomic E-state index is 12.8. The van der Waals surface area contributed by atoms with Crippen LogP contribution in [0, 0.1) is 0 Å². The molecule has 0 saturated carbocycles. The highest BCUT2D eigenvalue weighted by molar-refractivity contribution is 6.10. The van der Waals surface area contributed by atoms with E-state index in [-0.39, 0.29) is 24.1 Å². The maximum Gasteiger partial charge on any atom is 0.319 e. The Hall–Kier alpha value is -4.32. The maximum absolute atomic E-state index is 12.8. The lowest BCUT2D eigenvalue weighted by molar-refractivity contribution is 0.248. The number of anilines is 2. The van der Waals surface area contributed by atoms with Gasteiger partial charge in [-0.25, -0.2) is 9.59 Å². The van der Waals surface area contributed by atoms with Crippen LogP contribution in [0.1, 0.15) is 37.1 Å². The number of urea groups is 2. The number of rotatable bonds is 6. The minimum Gasteiger partial charge on any atom is -0.331 e. The average molecular weight is 453 g/mol. The Morgan fingerprint density at radius 1 is 0.559 bits per heavy atom. The van der Waals surface area contributed by atoms with Gasteiger partial charge in [0.25, 0.3) is 0 Å². The van der Waals surface area contributed by atoms with Crippen LogP contribution in [0.4, 0.5) is 21.0 Å². The standard InChI is InChI=1S/C28H28N4O2/c1-19(21-11-5-3-6-12-21)29-27(33)31-24-17-9-15-23-16-10-18-25(26(23)24)32-28(34)30-20(2)22-13-7-4-8-14-22/h3-20H,1-2H3,(H2,29,31,33)(H2,30,32,34)/t19-,20-/m0/s1. The molecule has 6 heteroatoms. The van der Waals surface area contributed by atoms with Crippen molar-refractivity contribution in [2.24, 2.45) is 0 Å². The molecule has 6 nitrogen and oxygen atoms in total. The van der Waals surface area contributed by atoms with E-state index in [0.29, 0.717) is 11.4 Å². The summed E-state index contributed by atoms with van der Waals surface area (Å²) in [5.41, 5.74) is 3.26. The summed E-state index contributed by atoms with van der Waals surface area (Å²) >= 11 is 0. The topological polar surface area (TPSA) is 82.3 Å². The van der Waals surface area contributed by atoms with Crippen LogP contribution < -0.4 is 21.3 Å². The van der Waals surface area contributed by atoms with Crippen molar-refractivity contribution in [3.8, 4) is 0 Å². The molecule has 4 rings (SSSR count). The summed E-state index contributed by atoms with van der Waals surface area (Å²) in [5, 5.41) is 13.5.